The fourth-order valence-electron chi connectivity index (χ4n) is 1.66. The summed E-state index contributed by atoms with van der Waals surface area (Å²) in [6.45, 7) is 4.52. The highest BCUT2D eigenvalue weighted by Gasteiger charge is 2.22. The van der Waals surface area contributed by atoms with E-state index in [4.69, 9.17) is 9.47 Å². The van der Waals surface area contributed by atoms with Gasteiger partial charge in [-0.05, 0) is 24.1 Å². The Labute approximate surface area is 101 Å². The van der Waals surface area contributed by atoms with Crippen LogP contribution in [0.15, 0.2) is 42.2 Å². The predicted octanol–water partition coefficient (Wildman–Crippen LogP) is 2.78. The molecule has 3 heteroatoms. The second-order valence-electron chi connectivity index (χ2n) is 4.41. The molecule has 0 bridgehead atoms. The third kappa shape index (κ3) is 2.94. The van der Waals surface area contributed by atoms with Crippen LogP contribution in [0.5, 0.6) is 0 Å². The van der Waals surface area contributed by atoms with Gasteiger partial charge in [-0.25, -0.2) is 4.79 Å². The van der Waals surface area contributed by atoms with Gasteiger partial charge in [0.05, 0.1) is 11.7 Å². The maximum Gasteiger partial charge on any atom is 0.343 e. The van der Waals surface area contributed by atoms with Gasteiger partial charge in [-0.3, -0.25) is 0 Å². The first-order valence-corrected chi connectivity index (χ1v) is 5.76. The van der Waals surface area contributed by atoms with E-state index in [1.165, 1.54) is 0 Å². The molecule has 0 radical (unpaired) electrons. The first-order chi connectivity index (χ1) is 8.16. The molecular formula is C14H16O3. The molecule has 1 aromatic rings. The van der Waals surface area contributed by atoms with Crippen molar-refractivity contribution in [1.29, 1.82) is 0 Å². The van der Waals surface area contributed by atoms with Gasteiger partial charge < -0.3 is 9.47 Å². The number of carbonyl (C=O) groups excluding carboxylic acids is 1. The fourth-order valence-corrected chi connectivity index (χ4v) is 1.66. The first kappa shape index (κ1) is 11.9. The lowest BCUT2D eigenvalue weighted by Gasteiger charge is -2.09. The summed E-state index contributed by atoms with van der Waals surface area (Å²) in [5.41, 5.74) is 0.557. The van der Waals surface area contributed by atoms with E-state index in [-0.39, 0.29) is 12.1 Å². The highest BCUT2D eigenvalue weighted by Crippen LogP contribution is 2.20. The molecule has 0 spiro atoms. The molecule has 17 heavy (non-hydrogen) atoms. The molecule has 0 amide bonds. The zero-order valence-electron chi connectivity index (χ0n) is 10.1. The van der Waals surface area contributed by atoms with E-state index in [2.05, 4.69) is 13.8 Å². The Morgan fingerprint density at radius 3 is 2.65 bits per heavy atom. The van der Waals surface area contributed by atoms with Crippen molar-refractivity contribution in [2.24, 2.45) is 5.92 Å². The lowest BCUT2D eigenvalue weighted by molar-refractivity contribution is 0.0511. The van der Waals surface area contributed by atoms with Crippen LogP contribution in [-0.2, 0) is 9.47 Å². The number of ether oxygens (including phenoxy) is 2. The van der Waals surface area contributed by atoms with Gasteiger partial charge in [0.2, 0.25) is 0 Å². The van der Waals surface area contributed by atoms with E-state index in [1.807, 2.05) is 24.3 Å². The smallest absolute Gasteiger partial charge is 0.343 e. The van der Waals surface area contributed by atoms with Crippen molar-refractivity contribution in [2.45, 2.75) is 20.0 Å². The van der Waals surface area contributed by atoms with Gasteiger partial charge in [0, 0.05) is 0 Å². The maximum atomic E-state index is 11.8. The Hall–Kier alpha value is -1.61. The molecule has 0 saturated carbocycles. The Kier molecular flexibility index (Phi) is 3.59. The summed E-state index contributed by atoms with van der Waals surface area (Å²) in [7, 11) is 0. The van der Waals surface area contributed by atoms with Crippen molar-refractivity contribution < 1.29 is 14.3 Å². The van der Waals surface area contributed by atoms with E-state index in [1.54, 1.807) is 12.1 Å². The zero-order chi connectivity index (χ0) is 12.3. The molecule has 1 aliphatic rings. The molecule has 2 rings (SSSR count). The summed E-state index contributed by atoms with van der Waals surface area (Å²) in [6.07, 6.45) is 1.93. The Morgan fingerprint density at radius 2 is 2.06 bits per heavy atom. The van der Waals surface area contributed by atoms with Crippen LogP contribution in [0.25, 0.3) is 0 Å². The van der Waals surface area contributed by atoms with Gasteiger partial charge in [-0.2, -0.15) is 0 Å². The van der Waals surface area contributed by atoms with Crippen LogP contribution in [0.4, 0.5) is 0 Å². The molecule has 0 N–H and O–H groups in total. The van der Waals surface area contributed by atoms with Gasteiger partial charge >= 0.3 is 5.97 Å². The van der Waals surface area contributed by atoms with E-state index >= 15 is 0 Å². The van der Waals surface area contributed by atoms with Crippen molar-refractivity contribution in [3.63, 3.8) is 0 Å². The summed E-state index contributed by atoms with van der Waals surface area (Å²) in [5, 5.41) is 0. The van der Waals surface area contributed by atoms with Crippen LogP contribution in [0, 0.1) is 5.92 Å². The number of rotatable bonds is 3. The maximum absolute atomic E-state index is 11.8. The second-order valence-corrected chi connectivity index (χ2v) is 4.41. The van der Waals surface area contributed by atoms with Gasteiger partial charge in [-0.1, -0.05) is 32.0 Å². The monoisotopic (exact) mass is 232 g/mol. The Balaban J connectivity index is 1.99. The molecule has 90 valence electrons. The number of hydrogen-bond acceptors (Lipinski definition) is 3. The standard InChI is InChI=1S/C14H16O3/c1-10(2)13-8-12(9-16-13)17-14(15)11-6-4-3-5-7-11/h3-8,10,13H,9H2,1-2H3. The highest BCUT2D eigenvalue weighted by molar-refractivity contribution is 5.90. The lowest BCUT2D eigenvalue weighted by Crippen LogP contribution is -2.12. The number of carbonyl (C=O) groups is 1. The minimum absolute atomic E-state index is 0.0496. The van der Waals surface area contributed by atoms with Gasteiger partial charge in [0.15, 0.2) is 0 Å². The fraction of sp³-hybridized carbons (Fsp3) is 0.357. The number of esters is 1. The zero-order valence-corrected chi connectivity index (χ0v) is 10.1. The van der Waals surface area contributed by atoms with Crippen LogP contribution >= 0.6 is 0 Å². The highest BCUT2D eigenvalue weighted by atomic mass is 16.6. The van der Waals surface area contributed by atoms with Crippen molar-refractivity contribution in [2.75, 3.05) is 6.61 Å². The quantitative estimate of drug-likeness (QED) is 0.752. The molecule has 3 nitrogen and oxygen atoms in total. The van der Waals surface area contributed by atoms with Crippen LogP contribution in [0.2, 0.25) is 0 Å². The molecular weight excluding hydrogens is 216 g/mol. The summed E-state index contributed by atoms with van der Waals surface area (Å²) < 4.78 is 10.8. The van der Waals surface area contributed by atoms with Gasteiger partial charge in [0.25, 0.3) is 0 Å². The largest absolute Gasteiger partial charge is 0.425 e. The lowest BCUT2D eigenvalue weighted by atomic mass is 10.1. The molecule has 0 aliphatic carbocycles. The van der Waals surface area contributed by atoms with Crippen LogP contribution in [0.3, 0.4) is 0 Å². The van der Waals surface area contributed by atoms with Crippen LogP contribution in [-0.4, -0.2) is 18.7 Å². The van der Waals surface area contributed by atoms with Crippen molar-refractivity contribution in [1.82, 2.24) is 0 Å². The summed E-state index contributed by atoms with van der Waals surface area (Å²) in [5.74, 6) is 0.672. The third-order valence-corrected chi connectivity index (χ3v) is 2.66. The van der Waals surface area contributed by atoms with E-state index in [0.29, 0.717) is 23.8 Å². The van der Waals surface area contributed by atoms with Crippen LogP contribution < -0.4 is 0 Å². The number of hydrogen-bond donors (Lipinski definition) is 0. The minimum atomic E-state index is -0.329. The molecule has 1 unspecified atom stereocenters. The predicted molar refractivity (Wildman–Crippen MR) is 64.5 cm³/mol. The molecule has 1 atom stereocenters. The molecule has 0 saturated heterocycles. The van der Waals surface area contributed by atoms with E-state index in [9.17, 15) is 4.79 Å². The molecule has 1 aliphatic heterocycles. The topological polar surface area (TPSA) is 35.5 Å². The Morgan fingerprint density at radius 1 is 1.35 bits per heavy atom. The molecule has 1 heterocycles. The van der Waals surface area contributed by atoms with Crippen molar-refractivity contribution in [3.8, 4) is 0 Å². The second kappa shape index (κ2) is 5.15. The number of benzene rings is 1. The molecule has 0 aromatic heterocycles. The summed E-state index contributed by atoms with van der Waals surface area (Å²) >= 11 is 0. The van der Waals surface area contributed by atoms with Gasteiger partial charge in [0.1, 0.15) is 12.4 Å². The van der Waals surface area contributed by atoms with Crippen molar-refractivity contribution >= 4 is 5.97 Å². The summed E-state index contributed by atoms with van der Waals surface area (Å²) in [6, 6.07) is 8.96. The average molecular weight is 232 g/mol. The summed E-state index contributed by atoms with van der Waals surface area (Å²) in [4.78, 5) is 11.8. The average Bonchev–Trinajstić information content (AvgIpc) is 2.79. The van der Waals surface area contributed by atoms with E-state index in [0.717, 1.165) is 0 Å². The van der Waals surface area contributed by atoms with Crippen LogP contribution in [0.1, 0.15) is 24.2 Å². The SMILES string of the molecule is CC(C)C1C=C(OC(=O)c2ccccc2)CO1. The first-order valence-electron chi connectivity index (χ1n) is 5.76. The normalized spacial score (nSPS) is 19.2. The van der Waals surface area contributed by atoms with Gasteiger partial charge in [-0.15, -0.1) is 0 Å². The Bertz CT molecular complexity index is 420. The molecule has 0 fully saturated rings. The minimum Gasteiger partial charge on any atom is -0.425 e. The molecule has 1 aromatic carbocycles. The van der Waals surface area contributed by atoms with Crippen molar-refractivity contribution in [3.05, 3.63) is 47.7 Å². The van der Waals surface area contributed by atoms with E-state index < -0.39 is 0 Å². The third-order valence-electron chi connectivity index (χ3n) is 2.66.